The molecule has 1 aromatic heterocycles. The third kappa shape index (κ3) is 3.51. The second kappa shape index (κ2) is 7.91. The molecule has 3 rings (SSSR count). The molecule has 0 aliphatic carbocycles. The number of carbonyl (C=O) groups excluding carboxylic acids is 1. The molecule has 0 spiro atoms. The highest BCUT2D eigenvalue weighted by Crippen LogP contribution is 2.37. The first kappa shape index (κ1) is 20.3. The number of aromatic nitrogens is 1. The third-order valence-electron chi connectivity index (χ3n) is 4.20. The summed E-state index contributed by atoms with van der Waals surface area (Å²) in [5.74, 6) is -2.63. The average Bonchev–Trinajstić information content (AvgIpc) is 2.71. The van der Waals surface area contributed by atoms with E-state index in [0.717, 1.165) is 6.07 Å². The highest BCUT2D eigenvalue weighted by molar-refractivity contribution is 6.16. The van der Waals surface area contributed by atoms with Crippen molar-refractivity contribution < 1.29 is 29.3 Å². The Balaban J connectivity index is 2.59. The number of ether oxygens (including phenoxy) is 1. The number of aromatic carboxylic acids is 1. The van der Waals surface area contributed by atoms with Crippen LogP contribution in [0.15, 0.2) is 42.5 Å². The average molecular weight is 411 g/mol. The number of esters is 1. The van der Waals surface area contributed by atoms with Crippen molar-refractivity contribution in [3.05, 3.63) is 73.8 Å². The summed E-state index contributed by atoms with van der Waals surface area (Å²) in [6, 6.07) is 9.49. The molecule has 0 amide bonds. The van der Waals surface area contributed by atoms with Crippen LogP contribution in [0.4, 0.5) is 11.4 Å². The van der Waals surface area contributed by atoms with E-state index >= 15 is 0 Å². The van der Waals surface area contributed by atoms with Crippen LogP contribution in [0.5, 0.6) is 0 Å². The van der Waals surface area contributed by atoms with Crippen molar-refractivity contribution in [2.45, 2.75) is 6.92 Å². The number of fused-ring (bicyclic) bond motifs is 1. The standard InChI is InChI=1S/C19H13N3O8/c1-2-30-19(25)14-12-8-11(21(26)27)9-13(22(28)29)17(12)20-16(15(14)18(23)24)10-6-4-3-5-7-10/h3-9H,2H2,1H3,(H,23,24). The summed E-state index contributed by atoms with van der Waals surface area (Å²) in [7, 11) is 0. The third-order valence-corrected chi connectivity index (χ3v) is 4.20. The molecular weight excluding hydrogens is 398 g/mol. The van der Waals surface area contributed by atoms with Gasteiger partial charge in [0, 0.05) is 17.0 Å². The lowest BCUT2D eigenvalue weighted by molar-refractivity contribution is -0.393. The quantitative estimate of drug-likeness (QED) is 0.362. The molecule has 3 aromatic rings. The summed E-state index contributed by atoms with van der Waals surface area (Å²) in [5, 5.41) is 32.3. The summed E-state index contributed by atoms with van der Waals surface area (Å²) in [6.45, 7) is 1.38. The largest absolute Gasteiger partial charge is 0.478 e. The molecule has 0 atom stereocenters. The van der Waals surface area contributed by atoms with Crippen molar-refractivity contribution in [2.24, 2.45) is 0 Å². The van der Waals surface area contributed by atoms with Crippen LogP contribution >= 0.6 is 0 Å². The Hall–Kier alpha value is -4.41. The summed E-state index contributed by atoms with van der Waals surface area (Å²) in [6.07, 6.45) is 0. The minimum Gasteiger partial charge on any atom is -0.478 e. The maximum Gasteiger partial charge on any atom is 0.339 e. The molecule has 0 aliphatic rings. The number of pyridine rings is 1. The molecule has 0 radical (unpaired) electrons. The van der Waals surface area contributed by atoms with Crippen LogP contribution in [0, 0.1) is 20.2 Å². The van der Waals surface area contributed by atoms with Gasteiger partial charge in [-0.05, 0) is 6.92 Å². The summed E-state index contributed by atoms with van der Waals surface area (Å²) < 4.78 is 4.95. The van der Waals surface area contributed by atoms with E-state index < -0.39 is 44.3 Å². The van der Waals surface area contributed by atoms with E-state index in [1.165, 1.54) is 19.1 Å². The lowest BCUT2D eigenvalue weighted by atomic mass is 9.95. The summed E-state index contributed by atoms with van der Waals surface area (Å²) in [4.78, 5) is 50.0. The molecule has 11 nitrogen and oxygen atoms in total. The molecule has 1 N–H and O–H groups in total. The predicted octanol–water partition coefficient (Wildman–Crippen LogP) is 3.59. The van der Waals surface area contributed by atoms with E-state index in [1.54, 1.807) is 18.2 Å². The van der Waals surface area contributed by atoms with Gasteiger partial charge in [0.2, 0.25) is 0 Å². The van der Waals surface area contributed by atoms with Gasteiger partial charge >= 0.3 is 17.6 Å². The molecule has 2 aromatic carbocycles. The van der Waals surface area contributed by atoms with Crippen molar-refractivity contribution in [3.63, 3.8) is 0 Å². The maximum atomic E-state index is 12.7. The first-order chi connectivity index (χ1) is 14.3. The van der Waals surface area contributed by atoms with Crippen molar-refractivity contribution in [1.29, 1.82) is 0 Å². The van der Waals surface area contributed by atoms with Gasteiger partial charge in [0.1, 0.15) is 11.1 Å². The second-order valence-electron chi connectivity index (χ2n) is 5.98. The monoisotopic (exact) mass is 411 g/mol. The number of nitro groups is 2. The molecule has 152 valence electrons. The molecular formula is C19H13N3O8. The molecule has 30 heavy (non-hydrogen) atoms. The first-order valence-electron chi connectivity index (χ1n) is 8.52. The van der Waals surface area contributed by atoms with Crippen LogP contribution in [0.25, 0.3) is 22.2 Å². The van der Waals surface area contributed by atoms with Gasteiger partial charge in [-0.15, -0.1) is 0 Å². The number of nitrogens with zero attached hydrogens (tertiary/aromatic N) is 3. The van der Waals surface area contributed by atoms with Gasteiger partial charge in [0.05, 0.1) is 33.8 Å². The Morgan fingerprint density at radius 1 is 1.07 bits per heavy atom. The Labute approximate surface area is 167 Å². The Morgan fingerprint density at radius 2 is 1.73 bits per heavy atom. The number of rotatable bonds is 6. The molecule has 11 heteroatoms. The number of hydrogen-bond acceptors (Lipinski definition) is 8. The zero-order chi connectivity index (χ0) is 22.0. The number of nitro benzene ring substituents is 2. The van der Waals surface area contributed by atoms with Gasteiger partial charge in [0.25, 0.3) is 5.69 Å². The fourth-order valence-electron chi connectivity index (χ4n) is 3.01. The van der Waals surface area contributed by atoms with Crippen molar-refractivity contribution in [3.8, 4) is 11.3 Å². The molecule has 1 heterocycles. The second-order valence-corrected chi connectivity index (χ2v) is 5.98. The topological polar surface area (TPSA) is 163 Å². The van der Waals surface area contributed by atoms with Gasteiger partial charge in [-0.25, -0.2) is 14.6 Å². The minimum atomic E-state index is -1.54. The van der Waals surface area contributed by atoms with E-state index in [2.05, 4.69) is 4.98 Å². The van der Waals surface area contributed by atoms with Crippen LogP contribution < -0.4 is 0 Å². The van der Waals surface area contributed by atoms with Crippen molar-refractivity contribution >= 4 is 34.2 Å². The molecule has 0 saturated carbocycles. The molecule has 0 aliphatic heterocycles. The van der Waals surface area contributed by atoms with E-state index in [1.807, 2.05) is 0 Å². The molecule has 0 saturated heterocycles. The zero-order valence-corrected chi connectivity index (χ0v) is 15.4. The maximum absolute atomic E-state index is 12.7. The van der Waals surface area contributed by atoms with Gasteiger partial charge in [-0.2, -0.15) is 0 Å². The lowest BCUT2D eigenvalue weighted by Crippen LogP contribution is -2.15. The fourth-order valence-corrected chi connectivity index (χ4v) is 3.01. The SMILES string of the molecule is CCOC(=O)c1c(C(=O)O)c(-c2ccccc2)nc2c([N+](=O)[O-])cc([N+](=O)[O-])cc12. The number of carbonyl (C=O) groups is 2. The molecule has 0 fully saturated rings. The van der Waals surface area contributed by atoms with Gasteiger partial charge in [-0.1, -0.05) is 30.3 Å². The lowest BCUT2D eigenvalue weighted by Gasteiger charge is -2.14. The number of carboxylic acids is 1. The van der Waals surface area contributed by atoms with Gasteiger partial charge in [-0.3, -0.25) is 20.2 Å². The van der Waals surface area contributed by atoms with Gasteiger partial charge < -0.3 is 9.84 Å². The van der Waals surface area contributed by atoms with Crippen molar-refractivity contribution in [1.82, 2.24) is 4.98 Å². The normalized spacial score (nSPS) is 10.6. The highest BCUT2D eigenvalue weighted by Gasteiger charge is 2.32. The smallest absolute Gasteiger partial charge is 0.339 e. The van der Waals surface area contributed by atoms with Crippen LogP contribution in [0.2, 0.25) is 0 Å². The zero-order valence-electron chi connectivity index (χ0n) is 15.4. The van der Waals surface area contributed by atoms with E-state index in [9.17, 15) is 34.9 Å². The Morgan fingerprint density at radius 3 is 2.27 bits per heavy atom. The number of benzene rings is 2. The molecule has 0 unspecified atom stereocenters. The fraction of sp³-hybridized carbons (Fsp3) is 0.105. The van der Waals surface area contributed by atoms with Crippen LogP contribution in [-0.2, 0) is 4.74 Å². The van der Waals surface area contributed by atoms with Gasteiger partial charge in [0.15, 0.2) is 0 Å². The van der Waals surface area contributed by atoms with Crippen LogP contribution in [0.3, 0.4) is 0 Å². The van der Waals surface area contributed by atoms with E-state index in [0.29, 0.717) is 6.07 Å². The number of non-ortho nitro benzene ring substituents is 2. The molecule has 0 bridgehead atoms. The Bertz CT molecular complexity index is 1210. The van der Waals surface area contributed by atoms with E-state index in [-0.39, 0.29) is 28.8 Å². The van der Waals surface area contributed by atoms with Crippen LogP contribution in [0.1, 0.15) is 27.6 Å². The minimum absolute atomic E-state index is 0.112. The predicted molar refractivity (Wildman–Crippen MR) is 103 cm³/mol. The number of carboxylic acid groups (broad SMARTS) is 1. The summed E-state index contributed by atoms with van der Waals surface area (Å²) in [5.41, 5.74) is -2.81. The highest BCUT2D eigenvalue weighted by atomic mass is 16.6. The van der Waals surface area contributed by atoms with Crippen molar-refractivity contribution in [2.75, 3.05) is 6.61 Å². The van der Waals surface area contributed by atoms with E-state index in [4.69, 9.17) is 4.74 Å². The Kier molecular flexibility index (Phi) is 5.36. The number of hydrogen-bond donors (Lipinski definition) is 1. The van der Waals surface area contributed by atoms with Crippen LogP contribution in [-0.4, -0.2) is 38.5 Å². The summed E-state index contributed by atoms with van der Waals surface area (Å²) >= 11 is 0. The first-order valence-corrected chi connectivity index (χ1v) is 8.52.